The van der Waals surface area contributed by atoms with E-state index in [9.17, 15) is 14.9 Å². The molecule has 0 radical (unpaired) electrons. The van der Waals surface area contributed by atoms with Crippen LogP contribution in [0.5, 0.6) is 0 Å². The summed E-state index contributed by atoms with van der Waals surface area (Å²) < 4.78 is 0. The molecule has 2 rings (SSSR count). The van der Waals surface area contributed by atoms with Gasteiger partial charge >= 0.3 is 0 Å². The molecule has 0 saturated heterocycles. The van der Waals surface area contributed by atoms with Gasteiger partial charge in [-0.25, -0.2) is 5.43 Å². The summed E-state index contributed by atoms with van der Waals surface area (Å²) in [6.07, 6.45) is 3.68. The summed E-state index contributed by atoms with van der Waals surface area (Å²) in [6, 6.07) is 5.55. The lowest BCUT2D eigenvalue weighted by Gasteiger charge is -2.00. The van der Waals surface area contributed by atoms with E-state index in [-0.39, 0.29) is 11.3 Å². The highest BCUT2D eigenvalue weighted by Gasteiger charge is 2.12. The van der Waals surface area contributed by atoms with Gasteiger partial charge in [-0.05, 0) is 31.9 Å². The number of amides is 1. The monoisotopic (exact) mass is 259 g/mol. The van der Waals surface area contributed by atoms with Crippen LogP contribution in [-0.2, 0) is 0 Å². The Bertz CT molecular complexity index is 591. The molecule has 0 aliphatic heterocycles. The minimum atomic E-state index is -0.536. The summed E-state index contributed by atoms with van der Waals surface area (Å²) >= 11 is 0. The van der Waals surface area contributed by atoms with Crippen LogP contribution in [0.25, 0.3) is 0 Å². The van der Waals surface area contributed by atoms with Crippen LogP contribution in [0.2, 0.25) is 0 Å². The Morgan fingerprint density at radius 1 is 1.42 bits per heavy atom. The fraction of sp³-hybridized carbons (Fsp3) is 0.231. The molecule has 0 saturated carbocycles. The van der Waals surface area contributed by atoms with Crippen molar-refractivity contribution in [2.24, 2.45) is 5.10 Å². The molecule has 0 heterocycles. The number of hydrazone groups is 1. The van der Waals surface area contributed by atoms with Gasteiger partial charge in [-0.2, -0.15) is 5.10 Å². The molecule has 1 N–H and O–H groups in total. The van der Waals surface area contributed by atoms with Crippen molar-refractivity contribution in [2.45, 2.75) is 19.8 Å². The van der Waals surface area contributed by atoms with Crippen molar-refractivity contribution < 1.29 is 9.72 Å². The van der Waals surface area contributed by atoms with Crippen LogP contribution >= 0.6 is 0 Å². The van der Waals surface area contributed by atoms with Gasteiger partial charge in [0.25, 0.3) is 11.6 Å². The molecule has 1 aromatic rings. The van der Waals surface area contributed by atoms with E-state index >= 15 is 0 Å². The quantitative estimate of drug-likeness (QED) is 0.668. The first-order chi connectivity index (χ1) is 9.06. The van der Waals surface area contributed by atoms with Gasteiger partial charge in [-0.15, -0.1) is 0 Å². The number of carbonyl (C=O) groups is 1. The second-order valence-electron chi connectivity index (χ2n) is 4.34. The van der Waals surface area contributed by atoms with Gasteiger partial charge < -0.3 is 0 Å². The van der Waals surface area contributed by atoms with Crippen molar-refractivity contribution in [1.29, 1.82) is 0 Å². The van der Waals surface area contributed by atoms with E-state index < -0.39 is 10.8 Å². The molecule has 19 heavy (non-hydrogen) atoms. The normalized spacial score (nSPS) is 16.3. The SMILES string of the molecule is CC1=C/C(=N/NC(=O)c2cccc([N+](=O)[O-])c2)CC1. The highest BCUT2D eigenvalue weighted by molar-refractivity contribution is 6.00. The van der Waals surface area contributed by atoms with Crippen LogP contribution in [-0.4, -0.2) is 16.5 Å². The van der Waals surface area contributed by atoms with Crippen molar-refractivity contribution in [1.82, 2.24) is 5.43 Å². The predicted molar refractivity (Wildman–Crippen MR) is 71.0 cm³/mol. The van der Waals surface area contributed by atoms with E-state index in [0.717, 1.165) is 18.6 Å². The standard InChI is InChI=1S/C13H13N3O3/c1-9-5-6-11(7-9)14-15-13(17)10-3-2-4-12(8-10)16(18)19/h2-4,7-8H,5-6H2,1H3,(H,15,17)/b14-11+. The molecule has 1 aliphatic carbocycles. The molecule has 1 amide bonds. The Labute approximate surface area is 110 Å². The number of hydrogen-bond donors (Lipinski definition) is 1. The average Bonchev–Trinajstić information content (AvgIpc) is 2.82. The number of carbonyl (C=O) groups excluding carboxylic acids is 1. The largest absolute Gasteiger partial charge is 0.271 e. The fourth-order valence-electron chi connectivity index (χ4n) is 1.79. The van der Waals surface area contributed by atoms with Crippen LogP contribution in [0.4, 0.5) is 5.69 Å². The Kier molecular flexibility index (Phi) is 3.70. The first kappa shape index (κ1) is 12.9. The average molecular weight is 259 g/mol. The lowest BCUT2D eigenvalue weighted by atomic mass is 10.2. The number of nitro groups is 1. The Morgan fingerprint density at radius 3 is 2.84 bits per heavy atom. The lowest BCUT2D eigenvalue weighted by molar-refractivity contribution is -0.384. The predicted octanol–water partition coefficient (Wildman–Crippen LogP) is 2.42. The Morgan fingerprint density at radius 2 is 2.21 bits per heavy atom. The second kappa shape index (κ2) is 5.43. The van der Waals surface area contributed by atoms with E-state index in [2.05, 4.69) is 10.5 Å². The van der Waals surface area contributed by atoms with E-state index in [1.165, 1.54) is 29.8 Å². The molecule has 1 aliphatic rings. The van der Waals surface area contributed by atoms with Crippen LogP contribution in [0, 0.1) is 10.1 Å². The maximum atomic E-state index is 11.8. The summed E-state index contributed by atoms with van der Waals surface area (Å²) in [6.45, 7) is 2.00. The number of nitrogens with one attached hydrogen (secondary N) is 1. The number of benzene rings is 1. The summed E-state index contributed by atoms with van der Waals surface area (Å²) in [5.41, 5.74) is 4.56. The molecule has 98 valence electrons. The minimum absolute atomic E-state index is 0.114. The van der Waals surface area contributed by atoms with Crippen LogP contribution in [0.15, 0.2) is 41.0 Å². The molecular formula is C13H13N3O3. The Hall–Kier alpha value is -2.50. The second-order valence-corrected chi connectivity index (χ2v) is 4.34. The third-order valence-electron chi connectivity index (χ3n) is 2.81. The molecule has 0 bridgehead atoms. The summed E-state index contributed by atoms with van der Waals surface area (Å²) in [5, 5.41) is 14.6. The van der Waals surface area contributed by atoms with Crippen LogP contribution < -0.4 is 5.43 Å². The highest BCUT2D eigenvalue weighted by Crippen LogP contribution is 2.15. The number of nitro benzene ring substituents is 1. The van der Waals surface area contributed by atoms with Crippen molar-refractivity contribution in [2.75, 3.05) is 0 Å². The van der Waals surface area contributed by atoms with Gasteiger partial charge in [-0.3, -0.25) is 14.9 Å². The van der Waals surface area contributed by atoms with Crippen molar-refractivity contribution in [3.63, 3.8) is 0 Å². The minimum Gasteiger partial charge on any atom is -0.267 e. The first-order valence-electron chi connectivity index (χ1n) is 5.85. The van der Waals surface area contributed by atoms with E-state index in [1.807, 2.05) is 13.0 Å². The number of allylic oxidation sites excluding steroid dienone is 2. The van der Waals surface area contributed by atoms with Crippen LogP contribution in [0.3, 0.4) is 0 Å². The van der Waals surface area contributed by atoms with Crippen molar-refractivity contribution >= 4 is 17.3 Å². The maximum absolute atomic E-state index is 11.8. The number of hydrogen-bond acceptors (Lipinski definition) is 4. The number of rotatable bonds is 3. The molecule has 0 fully saturated rings. The Balaban J connectivity index is 2.08. The highest BCUT2D eigenvalue weighted by atomic mass is 16.6. The lowest BCUT2D eigenvalue weighted by Crippen LogP contribution is -2.18. The van der Waals surface area contributed by atoms with Crippen molar-refractivity contribution in [3.8, 4) is 0 Å². The van der Waals surface area contributed by atoms with Gasteiger partial charge in [0.15, 0.2) is 0 Å². The zero-order valence-corrected chi connectivity index (χ0v) is 10.4. The van der Waals surface area contributed by atoms with Gasteiger partial charge in [0, 0.05) is 17.7 Å². The molecule has 1 aromatic carbocycles. The van der Waals surface area contributed by atoms with Gasteiger partial charge in [0.2, 0.25) is 0 Å². The first-order valence-corrected chi connectivity index (χ1v) is 5.85. The van der Waals surface area contributed by atoms with E-state index in [1.54, 1.807) is 0 Å². The third kappa shape index (κ3) is 3.25. The zero-order chi connectivity index (χ0) is 13.8. The molecule has 0 atom stereocenters. The van der Waals surface area contributed by atoms with Crippen molar-refractivity contribution in [3.05, 3.63) is 51.6 Å². The zero-order valence-electron chi connectivity index (χ0n) is 10.4. The molecule has 0 unspecified atom stereocenters. The summed E-state index contributed by atoms with van der Waals surface area (Å²) in [4.78, 5) is 21.9. The molecular weight excluding hydrogens is 246 g/mol. The van der Waals surface area contributed by atoms with Gasteiger partial charge in [0.1, 0.15) is 0 Å². The van der Waals surface area contributed by atoms with E-state index in [4.69, 9.17) is 0 Å². The van der Waals surface area contributed by atoms with Gasteiger partial charge in [0.05, 0.1) is 10.6 Å². The molecule has 6 nitrogen and oxygen atoms in total. The smallest absolute Gasteiger partial charge is 0.267 e. The number of nitrogens with zero attached hydrogens (tertiary/aromatic N) is 2. The fourth-order valence-corrected chi connectivity index (χ4v) is 1.79. The van der Waals surface area contributed by atoms with Gasteiger partial charge in [-0.1, -0.05) is 11.6 Å². The summed E-state index contributed by atoms with van der Waals surface area (Å²) in [5.74, 6) is -0.450. The maximum Gasteiger partial charge on any atom is 0.271 e. The summed E-state index contributed by atoms with van der Waals surface area (Å²) in [7, 11) is 0. The molecule has 6 heteroatoms. The van der Waals surface area contributed by atoms with Crippen LogP contribution in [0.1, 0.15) is 30.1 Å². The number of non-ortho nitro benzene ring substituents is 1. The van der Waals surface area contributed by atoms with E-state index in [0.29, 0.717) is 0 Å². The third-order valence-corrected chi connectivity index (χ3v) is 2.81. The molecule has 0 spiro atoms. The topological polar surface area (TPSA) is 84.6 Å². The molecule has 0 aromatic heterocycles.